The van der Waals surface area contributed by atoms with Crippen LogP contribution in [0.5, 0.6) is 0 Å². The number of hydrogen-bond donors (Lipinski definition) is 1. The molecule has 1 fully saturated rings. The summed E-state index contributed by atoms with van der Waals surface area (Å²) in [5, 5.41) is 14.6. The monoisotopic (exact) mass is 317 g/mol. The Morgan fingerprint density at radius 2 is 2.13 bits per heavy atom. The number of benzene rings is 1. The summed E-state index contributed by atoms with van der Waals surface area (Å²) < 4.78 is 6.95. The number of hydrogen-bond acceptors (Lipinski definition) is 4. The van der Waals surface area contributed by atoms with Crippen molar-refractivity contribution in [1.82, 2.24) is 14.7 Å². The summed E-state index contributed by atoms with van der Waals surface area (Å²) in [6.07, 6.45) is 0.169. The molecule has 0 aliphatic carbocycles. The summed E-state index contributed by atoms with van der Waals surface area (Å²) in [7, 11) is 3.36. The smallest absolute Gasteiger partial charge is 0.326 e. The van der Waals surface area contributed by atoms with Gasteiger partial charge in [-0.2, -0.15) is 5.10 Å². The molecule has 0 radical (unpaired) electrons. The lowest BCUT2D eigenvalue weighted by Crippen LogP contribution is -2.41. The number of carbonyl (C=O) groups excluding carboxylic acids is 1. The van der Waals surface area contributed by atoms with Crippen LogP contribution in [0.15, 0.2) is 24.3 Å². The minimum Gasteiger partial charge on any atom is -0.480 e. The zero-order valence-electron chi connectivity index (χ0n) is 13.1. The van der Waals surface area contributed by atoms with Crippen LogP contribution in [0.1, 0.15) is 12.1 Å². The Balaban J connectivity index is 1.84. The molecule has 1 aliphatic heterocycles. The molecule has 0 saturated carbocycles. The van der Waals surface area contributed by atoms with E-state index in [0.29, 0.717) is 18.7 Å². The number of ether oxygens (including phenoxy) is 1. The van der Waals surface area contributed by atoms with Crippen LogP contribution in [0.25, 0.3) is 10.9 Å². The highest BCUT2D eigenvalue weighted by molar-refractivity contribution is 5.90. The number of rotatable bonds is 4. The van der Waals surface area contributed by atoms with E-state index in [-0.39, 0.29) is 18.4 Å². The first-order chi connectivity index (χ1) is 11.0. The van der Waals surface area contributed by atoms with Crippen molar-refractivity contribution in [3.05, 3.63) is 30.0 Å². The number of aromatic nitrogens is 2. The Hall–Kier alpha value is -2.41. The van der Waals surface area contributed by atoms with Crippen LogP contribution in [0.3, 0.4) is 0 Å². The molecule has 1 amide bonds. The van der Waals surface area contributed by atoms with E-state index in [1.165, 1.54) is 12.0 Å². The Labute approximate surface area is 133 Å². The standard InChI is InChI=1S/C16H19N3O4/c1-18-13-6-4-3-5-11(13)12(17-18)8-15(20)19-9-10(23-2)7-14(19)16(21)22/h3-6,10,14H,7-9H2,1-2H3,(H,21,22). The van der Waals surface area contributed by atoms with E-state index in [9.17, 15) is 14.7 Å². The number of carbonyl (C=O) groups is 2. The summed E-state index contributed by atoms with van der Waals surface area (Å²) >= 11 is 0. The van der Waals surface area contributed by atoms with Gasteiger partial charge in [-0.3, -0.25) is 9.48 Å². The molecule has 1 aromatic heterocycles. The lowest BCUT2D eigenvalue weighted by Gasteiger charge is -2.20. The molecule has 2 unspecified atom stereocenters. The number of carboxylic acid groups (broad SMARTS) is 1. The van der Waals surface area contributed by atoms with E-state index in [4.69, 9.17) is 4.74 Å². The first-order valence-corrected chi connectivity index (χ1v) is 7.47. The van der Waals surface area contributed by atoms with Crippen molar-refractivity contribution >= 4 is 22.8 Å². The average Bonchev–Trinajstić information content (AvgIpc) is 3.10. The van der Waals surface area contributed by atoms with Crippen molar-refractivity contribution in [2.45, 2.75) is 25.0 Å². The number of likely N-dealkylation sites (tertiary alicyclic amines) is 1. The molecule has 1 N–H and O–H groups in total. The summed E-state index contributed by atoms with van der Waals surface area (Å²) in [4.78, 5) is 25.4. The van der Waals surface area contributed by atoms with E-state index >= 15 is 0 Å². The molecule has 2 heterocycles. The van der Waals surface area contributed by atoms with E-state index in [0.717, 1.165) is 10.9 Å². The first-order valence-electron chi connectivity index (χ1n) is 7.47. The fourth-order valence-corrected chi connectivity index (χ4v) is 3.14. The minimum absolute atomic E-state index is 0.0849. The Morgan fingerprint density at radius 3 is 2.83 bits per heavy atom. The van der Waals surface area contributed by atoms with Gasteiger partial charge < -0.3 is 14.7 Å². The van der Waals surface area contributed by atoms with Gasteiger partial charge in [0.25, 0.3) is 0 Å². The third-order valence-corrected chi connectivity index (χ3v) is 4.35. The molecular weight excluding hydrogens is 298 g/mol. The Morgan fingerprint density at radius 1 is 1.39 bits per heavy atom. The highest BCUT2D eigenvalue weighted by Gasteiger charge is 2.39. The number of methoxy groups -OCH3 is 1. The molecule has 2 aromatic rings. The van der Waals surface area contributed by atoms with Gasteiger partial charge >= 0.3 is 5.97 Å². The lowest BCUT2D eigenvalue weighted by molar-refractivity contribution is -0.148. The fraction of sp³-hybridized carbons (Fsp3) is 0.438. The molecule has 23 heavy (non-hydrogen) atoms. The normalized spacial score (nSPS) is 21.0. The van der Waals surface area contributed by atoms with Crippen LogP contribution in [0.2, 0.25) is 0 Å². The van der Waals surface area contributed by atoms with Crippen molar-refractivity contribution in [3.8, 4) is 0 Å². The molecular formula is C16H19N3O4. The maximum atomic E-state index is 12.6. The minimum atomic E-state index is -0.997. The van der Waals surface area contributed by atoms with Gasteiger partial charge in [-0.05, 0) is 6.07 Å². The van der Waals surface area contributed by atoms with Crippen LogP contribution in [-0.4, -0.2) is 57.5 Å². The van der Waals surface area contributed by atoms with Crippen LogP contribution in [0, 0.1) is 0 Å². The molecule has 0 bridgehead atoms. The number of aliphatic carboxylic acids is 1. The molecule has 2 atom stereocenters. The second-order valence-electron chi connectivity index (χ2n) is 5.76. The van der Waals surface area contributed by atoms with Crippen LogP contribution in [-0.2, 0) is 27.8 Å². The molecule has 122 valence electrons. The van der Waals surface area contributed by atoms with E-state index in [2.05, 4.69) is 5.10 Å². The zero-order chi connectivity index (χ0) is 16.6. The van der Waals surface area contributed by atoms with Gasteiger partial charge in [-0.15, -0.1) is 0 Å². The highest BCUT2D eigenvalue weighted by atomic mass is 16.5. The zero-order valence-corrected chi connectivity index (χ0v) is 13.1. The van der Waals surface area contributed by atoms with Gasteiger partial charge in [0.2, 0.25) is 5.91 Å². The van der Waals surface area contributed by atoms with Gasteiger partial charge in [0.15, 0.2) is 0 Å². The Bertz CT molecular complexity index is 755. The SMILES string of the molecule is COC1CC(C(=O)O)N(C(=O)Cc2nn(C)c3ccccc23)C1. The largest absolute Gasteiger partial charge is 0.480 e. The number of para-hydroxylation sites is 1. The number of fused-ring (bicyclic) bond motifs is 1. The molecule has 0 spiro atoms. The summed E-state index contributed by atoms with van der Waals surface area (Å²) in [5.74, 6) is -1.23. The van der Waals surface area contributed by atoms with Crippen LogP contribution >= 0.6 is 0 Å². The summed E-state index contributed by atoms with van der Waals surface area (Å²) in [6.45, 7) is 0.303. The van der Waals surface area contributed by atoms with Gasteiger partial charge in [0.1, 0.15) is 6.04 Å². The van der Waals surface area contributed by atoms with Gasteiger partial charge in [0, 0.05) is 32.5 Å². The number of amides is 1. The third kappa shape index (κ3) is 2.79. The summed E-state index contributed by atoms with van der Waals surface area (Å²) in [5.41, 5.74) is 1.61. The second kappa shape index (κ2) is 6.00. The van der Waals surface area contributed by atoms with Gasteiger partial charge in [-0.1, -0.05) is 18.2 Å². The number of aryl methyl sites for hydroxylation is 1. The van der Waals surface area contributed by atoms with E-state index in [1.54, 1.807) is 4.68 Å². The van der Waals surface area contributed by atoms with Crippen molar-refractivity contribution in [3.63, 3.8) is 0 Å². The Kier molecular flexibility index (Phi) is 4.04. The highest BCUT2D eigenvalue weighted by Crippen LogP contribution is 2.23. The van der Waals surface area contributed by atoms with Gasteiger partial charge in [-0.25, -0.2) is 4.79 Å². The van der Waals surface area contributed by atoms with E-state index in [1.807, 2.05) is 31.3 Å². The molecule has 1 aromatic carbocycles. The van der Waals surface area contributed by atoms with Gasteiger partial charge in [0.05, 0.1) is 23.7 Å². The predicted octanol–water partition coefficient (Wildman–Crippen LogP) is 0.816. The second-order valence-corrected chi connectivity index (χ2v) is 5.76. The average molecular weight is 317 g/mol. The first kappa shape index (κ1) is 15.5. The van der Waals surface area contributed by atoms with Crippen molar-refractivity contribution < 1.29 is 19.4 Å². The third-order valence-electron chi connectivity index (χ3n) is 4.35. The van der Waals surface area contributed by atoms with Crippen LogP contribution in [0.4, 0.5) is 0 Å². The molecule has 1 saturated heterocycles. The topological polar surface area (TPSA) is 84.7 Å². The number of carboxylic acids is 1. The maximum absolute atomic E-state index is 12.6. The predicted molar refractivity (Wildman–Crippen MR) is 83.0 cm³/mol. The maximum Gasteiger partial charge on any atom is 0.326 e. The van der Waals surface area contributed by atoms with E-state index < -0.39 is 12.0 Å². The van der Waals surface area contributed by atoms with Crippen molar-refractivity contribution in [2.75, 3.05) is 13.7 Å². The fourth-order valence-electron chi connectivity index (χ4n) is 3.14. The van der Waals surface area contributed by atoms with Crippen molar-refractivity contribution in [1.29, 1.82) is 0 Å². The lowest BCUT2D eigenvalue weighted by atomic mass is 10.1. The number of nitrogens with zero attached hydrogens (tertiary/aromatic N) is 3. The molecule has 1 aliphatic rings. The molecule has 7 heteroatoms. The molecule has 7 nitrogen and oxygen atoms in total. The quantitative estimate of drug-likeness (QED) is 0.902. The van der Waals surface area contributed by atoms with Crippen molar-refractivity contribution in [2.24, 2.45) is 7.05 Å². The van der Waals surface area contributed by atoms with Crippen LogP contribution < -0.4 is 0 Å². The molecule has 3 rings (SSSR count). The summed E-state index contributed by atoms with van der Waals surface area (Å²) in [6, 6.07) is 6.84.